The Morgan fingerprint density at radius 2 is 1.80 bits per heavy atom. The number of urea groups is 1. The number of hydrogen-bond acceptors (Lipinski definition) is 2. The second-order valence-corrected chi connectivity index (χ2v) is 5.98. The van der Waals surface area contributed by atoms with Crippen LogP contribution in [0.3, 0.4) is 0 Å². The van der Waals surface area contributed by atoms with Gasteiger partial charge in [0.25, 0.3) is 0 Å². The van der Waals surface area contributed by atoms with Crippen LogP contribution in [-0.2, 0) is 6.54 Å². The van der Waals surface area contributed by atoms with Gasteiger partial charge in [-0.05, 0) is 30.5 Å². The molecule has 1 saturated heterocycles. The molecule has 2 fully saturated rings. The van der Waals surface area contributed by atoms with Crippen molar-refractivity contribution in [2.45, 2.75) is 25.4 Å². The number of benzene rings is 1. The van der Waals surface area contributed by atoms with Gasteiger partial charge in [-0.3, -0.25) is 4.90 Å². The van der Waals surface area contributed by atoms with Gasteiger partial charge >= 0.3 is 6.03 Å². The summed E-state index contributed by atoms with van der Waals surface area (Å²) in [7, 11) is 0. The van der Waals surface area contributed by atoms with Gasteiger partial charge in [0.05, 0.1) is 0 Å². The first-order valence-electron chi connectivity index (χ1n) is 7.23. The molecule has 1 heterocycles. The highest BCUT2D eigenvalue weighted by atomic mass is 35.5. The predicted molar refractivity (Wildman–Crippen MR) is 79.9 cm³/mol. The summed E-state index contributed by atoms with van der Waals surface area (Å²) in [6.07, 6.45) is 2.67. The van der Waals surface area contributed by atoms with Crippen molar-refractivity contribution in [2.24, 2.45) is 0 Å². The van der Waals surface area contributed by atoms with Crippen molar-refractivity contribution >= 4 is 17.6 Å². The first-order valence-corrected chi connectivity index (χ1v) is 7.61. The molecule has 3 rings (SSSR count). The van der Waals surface area contributed by atoms with Crippen molar-refractivity contribution < 1.29 is 4.79 Å². The van der Waals surface area contributed by atoms with Crippen LogP contribution in [0, 0.1) is 0 Å². The average Bonchev–Trinajstić information content (AvgIpc) is 3.31. The van der Waals surface area contributed by atoms with E-state index in [0.717, 1.165) is 42.8 Å². The summed E-state index contributed by atoms with van der Waals surface area (Å²) in [6, 6.07) is 8.40. The molecule has 1 saturated carbocycles. The van der Waals surface area contributed by atoms with Crippen LogP contribution in [0.1, 0.15) is 18.4 Å². The highest BCUT2D eigenvalue weighted by molar-refractivity contribution is 6.30. The molecular weight excluding hydrogens is 274 g/mol. The molecule has 4 nitrogen and oxygen atoms in total. The smallest absolute Gasteiger partial charge is 0.317 e. The third-order valence-electron chi connectivity index (χ3n) is 4.02. The molecule has 0 bridgehead atoms. The molecular formula is C15H20ClN3O. The summed E-state index contributed by atoms with van der Waals surface area (Å²) in [5.74, 6) is 0. The molecule has 0 atom stereocenters. The van der Waals surface area contributed by atoms with Crippen LogP contribution in [-0.4, -0.2) is 48.1 Å². The van der Waals surface area contributed by atoms with E-state index in [1.54, 1.807) is 0 Å². The molecule has 1 aromatic carbocycles. The first kappa shape index (κ1) is 13.7. The van der Waals surface area contributed by atoms with E-state index in [0.29, 0.717) is 6.54 Å². The maximum absolute atomic E-state index is 12.1. The summed E-state index contributed by atoms with van der Waals surface area (Å²) in [5, 5.41) is 3.69. The van der Waals surface area contributed by atoms with E-state index in [1.165, 1.54) is 12.8 Å². The molecule has 0 spiro atoms. The van der Waals surface area contributed by atoms with Crippen molar-refractivity contribution in [2.75, 3.05) is 26.2 Å². The highest BCUT2D eigenvalue weighted by Gasteiger charge is 2.32. The summed E-state index contributed by atoms with van der Waals surface area (Å²) in [6.45, 7) is 4.25. The SMILES string of the molecule is O=C(NCc1ccc(Cl)cc1)N1CCN(C2CC2)CC1. The van der Waals surface area contributed by atoms with Crippen molar-refractivity contribution in [1.29, 1.82) is 0 Å². The fourth-order valence-corrected chi connectivity index (χ4v) is 2.75. The highest BCUT2D eigenvalue weighted by Crippen LogP contribution is 2.27. The van der Waals surface area contributed by atoms with E-state index >= 15 is 0 Å². The minimum absolute atomic E-state index is 0.0374. The van der Waals surface area contributed by atoms with E-state index < -0.39 is 0 Å². The van der Waals surface area contributed by atoms with E-state index in [4.69, 9.17) is 11.6 Å². The zero-order valence-electron chi connectivity index (χ0n) is 11.5. The molecule has 1 N–H and O–H groups in total. The number of amides is 2. The summed E-state index contributed by atoms with van der Waals surface area (Å²) < 4.78 is 0. The van der Waals surface area contributed by atoms with Crippen LogP contribution in [0.2, 0.25) is 5.02 Å². The fraction of sp³-hybridized carbons (Fsp3) is 0.533. The van der Waals surface area contributed by atoms with Gasteiger partial charge in [0, 0.05) is 43.8 Å². The number of rotatable bonds is 3. The van der Waals surface area contributed by atoms with Crippen LogP contribution in [0.25, 0.3) is 0 Å². The maximum atomic E-state index is 12.1. The minimum Gasteiger partial charge on any atom is -0.334 e. The molecule has 108 valence electrons. The molecule has 1 aliphatic carbocycles. The second-order valence-electron chi connectivity index (χ2n) is 5.54. The van der Waals surface area contributed by atoms with Gasteiger partial charge in [-0.25, -0.2) is 4.79 Å². The molecule has 1 aliphatic heterocycles. The summed E-state index contributed by atoms with van der Waals surface area (Å²) >= 11 is 5.84. The predicted octanol–water partition coefficient (Wildman–Crippen LogP) is 2.33. The number of nitrogens with one attached hydrogen (secondary N) is 1. The van der Waals surface area contributed by atoms with E-state index in [1.807, 2.05) is 29.2 Å². The van der Waals surface area contributed by atoms with Crippen molar-refractivity contribution in [1.82, 2.24) is 15.1 Å². The van der Waals surface area contributed by atoms with Gasteiger partial charge in [-0.15, -0.1) is 0 Å². The van der Waals surface area contributed by atoms with Crippen LogP contribution in [0.15, 0.2) is 24.3 Å². The zero-order chi connectivity index (χ0) is 13.9. The average molecular weight is 294 g/mol. The number of carbonyl (C=O) groups is 1. The largest absolute Gasteiger partial charge is 0.334 e. The molecule has 0 radical (unpaired) electrons. The standard InChI is InChI=1S/C15H20ClN3O/c16-13-3-1-12(2-4-13)11-17-15(20)19-9-7-18(8-10-19)14-5-6-14/h1-4,14H,5-11H2,(H,17,20). The third kappa shape index (κ3) is 3.44. The Morgan fingerprint density at radius 1 is 1.15 bits per heavy atom. The Hall–Kier alpha value is -1.26. The van der Waals surface area contributed by atoms with E-state index in [9.17, 15) is 4.79 Å². The zero-order valence-corrected chi connectivity index (χ0v) is 12.3. The third-order valence-corrected chi connectivity index (χ3v) is 4.27. The number of hydrogen-bond donors (Lipinski definition) is 1. The van der Waals surface area contributed by atoms with Crippen molar-refractivity contribution in [3.63, 3.8) is 0 Å². The summed E-state index contributed by atoms with van der Waals surface area (Å²) in [4.78, 5) is 16.5. The molecule has 0 aromatic heterocycles. The van der Waals surface area contributed by atoms with E-state index in [-0.39, 0.29) is 6.03 Å². The Bertz CT molecular complexity index is 465. The lowest BCUT2D eigenvalue weighted by Gasteiger charge is -2.34. The van der Waals surface area contributed by atoms with Gasteiger partial charge < -0.3 is 10.2 Å². The molecule has 0 unspecified atom stereocenters. The van der Waals surface area contributed by atoms with Gasteiger partial charge in [0.15, 0.2) is 0 Å². The minimum atomic E-state index is 0.0374. The quantitative estimate of drug-likeness (QED) is 0.928. The first-order chi connectivity index (χ1) is 9.72. The number of carbonyl (C=O) groups excluding carboxylic acids is 1. The topological polar surface area (TPSA) is 35.6 Å². The normalized spacial score (nSPS) is 19.9. The van der Waals surface area contributed by atoms with Crippen LogP contribution in [0.5, 0.6) is 0 Å². The van der Waals surface area contributed by atoms with Crippen molar-refractivity contribution in [3.8, 4) is 0 Å². The van der Waals surface area contributed by atoms with Crippen LogP contribution in [0.4, 0.5) is 4.79 Å². The Morgan fingerprint density at radius 3 is 2.40 bits per heavy atom. The lowest BCUT2D eigenvalue weighted by atomic mass is 10.2. The number of nitrogens with zero attached hydrogens (tertiary/aromatic N) is 2. The molecule has 20 heavy (non-hydrogen) atoms. The second kappa shape index (κ2) is 6.02. The maximum Gasteiger partial charge on any atom is 0.317 e. The Balaban J connectivity index is 1.43. The van der Waals surface area contributed by atoms with Gasteiger partial charge in [0.1, 0.15) is 0 Å². The van der Waals surface area contributed by atoms with Gasteiger partial charge in [-0.2, -0.15) is 0 Å². The lowest BCUT2D eigenvalue weighted by molar-refractivity contribution is 0.134. The number of halogens is 1. The fourth-order valence-electron chi connectivity index (χ4n) is 2.62. The van der Waals surface area contributed by atoms with E-state index in [2.05, 4.69) is 10.2 Å². The Labute approximate surface area is 124 Å². The molecule has 1 aromatic rings. The Kier molecular flexibility index (Phi) is 4.13. The molecule has 2 amide bonds. The number of piperazine rings is 1. The lowest BCUT2D eigenvalue weighted by Crippen LogP contribution is -2.52. The van der Waals surface area contributed by atoms with Gasteiger partial charge in [-0.1, -0.05) is 23.7 Å². The molecule has 2 aliphatic rings. The van der Waals surface area contributed by atoms with Crippen LogP contribution >= 0.6 is 11.6 Å². The van der Waals surface area contributed by atoms with Crippen molar-refractivity contribution in [3.05, 3.63) is 34.9 Å². The molecule has 5 heteroatoms. The van der Waals surface area contributed by atoms with Gasteiger partial charge in [0.2, 0.25) is 0 Å². The monoisotopic (exact) mass is 293 g/mol. The summed E-state index contributed by atoms with van der Waals surface area (Å²) in [5.41, 5.74) is 1.07. The van der Waals surface area contributed by atoms with Crippen LogP contribution < -0.4 is 5.32 Å².